The molecule has 4 rings (SSSR count). The van der Waals surface area contributed by atoms with Gasteiger partial charge >= 0.3 is 15.2 Å². The average molecular weight is 709 g/mol. The zero-order valence-electron chi connectivity index (χ0n) is 29.9. The number of hydrogen-bond donors (Lipinski definition) is 1. The summed E-state index contributed by atoms with van der Waals surface area (Å²) in [5, 5.41) is 0.826. The van der Waals surface area contributed by atoms with E-state index in [0.717, 1.165) is 53.1 Å². The summed E-state index contributed by atoms with van der Waals surface area (Å²) in [6.07, 6.45) is 24.1. The van der Waals surface area contributed by atoms with Crippen molar-refractivity contribution in [3.63, 3.8) is 0 Å². The molecule has 2 unspecified atom stereocenters. The second-order valence-electron chi connectivity index (χ2n) is 14.5. The molecule has 9 nitrogen and oxygen atoms in total. The zero-order valence-corrected chi connectivity index (χ0v) is 30.8. The fourth-order valence-corrected chi connectivity index (χ4v) is 7.15. The first-order valence-electron chi connectivity index (χ1n) is 18.5. The lowest BCUT2D eigenvalue weighted by atomic mass is 10.0. The highest BCUT2D eigenvalue weighted by atomic mass is 31.2. The fourth-order valence-electron chi connectivity index (χ4n) is 6.41. The number of quaternary nitrogens is 1. The van der Waals surface area contributed by atoms with Crippen molar-refractivity contribution >= 4 is 32.4 Å². The predicted octanol–water partition coefficient (Wildman–Crippen LogP) is 8.25. The van der Waals surface area contributed by atoms with E-state index in [9.17, 15) is 18.1 Å². The molecule has 3 aromatic heterocycles. The minimum Gasteiger partial charge on any atom is -0.463 e. The Morgan fingerprint density at radius 2 is 1.45 bits per heavy atom. The van der Waals surface area contributed by atoms with E-state index in [-0.39, 0.29) is 19.3 Å². The second kappa shape index (κ2) is 20.0. The van der Waals surface area contributed by atoms with Crippen LogP contribution in [0.4, 0.5) is 8.63 Å². The van der Waals surface area contributed by atoms with Gasteiger partial charge in [0, 0.05) is 30.7 Å². The Morgan fingerprint density at radius 1 is 0.878 bits per heavy atom. The molecule has 0 saturated heterocycles. The molecular weight excluding hydrogens is 650 g/mol. The van der Waals surface area contributed by atoms with Crippen LogP contribution in [0.1, 0.15) is 114 Å². The monoisotopic (exact) mass is 708 g/mol. The van der Waals surface area contributed by atoms with Crippen LogP contribution in [0.25, 0.3) is 17.2 Å². The van der Waals surface area contributed by atoms with Gasteiger partial charge in [-0.3, -0.25) is 22.7 Å². The maximum absolute atomic E-state index is 13.7. The van der Waals surface area contributed by atoms with Gasteiger partial charge < -0.3 is 22.7 Å². The lowest BCUT2D eigenvalue weighted by Gasteiger charge is -2.24. The minimum absolute atomic E-state index is 0.208. The van der Waals surface area contributed by atoms with Crippen LogP contribution in [-0.4, -0.2) is 68.2 Å². The van der Waals surface area contributed by atoms with Crippen LogP contribution in [0.3, 0.4) is 0 Å². The third kappa shape index (κ3) is 14.1. The van der Waals surface area contributed by atoms with E-state index >= 15 is 0 Å². The number of fused-ring (bicyclic) bond motifs is 2. The van der Waals surface area contributed by atoms with Gasteiger partial charge in [-0.2, -0.15) is 0 Å². The predicted molar refractivity (Wildman–Crippen MR) is 191 cm³/mol. The fraction of sp³-hybridized carbons (Fsp3) is 0.694. The number of furan rings is 2. The lowest BCUT2D eigenvalue weighted by molar-refractivity contribution is -0.870. The van der Waals surface area contributed by atoms with Crippen LogP contribution in [0.15, 0.2) is 38.3 Å². The van der Waals surface area contributed by atoms with Gasteiger partial charge in [0.1, 0.15) is 29.7 Å². The molecule has 0 saturated carbocycles. The molecule has 0 aromatic carbocycles. The molecule has 0 amide bonds. The van der Waals surface area contributed by atoms with E-state index in [2.05, 4.69) is 0 Å². The standard InChI is InChI=1S/C36H57BF2N3O6P/c1-42(2,3)22-25-47-49(43,44)46-23-19-17-15-13-11-9-7-5-4-6-8-10-12-14-16-18-20-32-29-33-35(48-32)27-30(40-33)26-31-28-36-34(21-24-45-36)41(31)37(38)39/h21,24,27-30H,4-20,22-23,25-26H2,1-3H3/p+1. The molecule has 1 aliphatic rings. The number of aromatic nitrogens is 1. The maximum atomic E-state index is 13.7. The van der Waals surface area contributed by atoms with Crippen LogP contribution >= 0.6 is 7.82 Å². The van der Waals surface area contributed by atoms with Gasteiger partial charge in [0.05, 0.1) is 45.6 Å². The first-order valence-corrected chi connectivity index (χ1v) is 20.0. The number of rotatable bonds is 27. The minimum atomic E-state index is -3.93. The third-order valence-electron chi connectivity index (χ3n) is 9.18. The van der Waals surface area contributed by atoms with Crippen molar-refractivity contribution in [2.75, 3.05) is 40.9 Å². The molecule has 0 radical (unpaired) electrons. The van der Waals surface area contributed by atoms with Crippen molar-refractivity contribution in [1.82, 2.24) is 4.48 Å². The van der Waals surface area contributed by atoms with Gasteiger partial charge in [0.15, 0.2) is 5.58 Å². The summed E-state index contributed by atoms with van der Waals surface area (Å²) in [6, 6.07) is 5.04. The highest BCUT2D eigenvalue weighted by molar-refractivity contribution is 7.47. The molecule has 4 heterocycles. The molecule has 2 atom stereocenters. The number of nitrogens with zero attached hydrogens (tertiary/aromatic N) is 3. The van der Waals surface area contributed by atoms with Crippen molar-refractivity contribution in [1.29, 1.82) is 0 Å². The Bertz CT molecular complexity index is 1530. The van der Waals surface area contributed by atoms with E-state index in [1.807, 2.05) is 33.3 Å². The van der Waals surface area contributed by atoms with E-state index < -0.39 is 15.2 Å². The zero-order chi connectivity index (χ0) is 35.1. The summed E-state index contributed by atoms with van der Waals surface area (Å²) in [6.45, 7) is 1.13. The second-order valence-corrected chi connectivity index (χ2v) is 16.0. The van der Waals surface area contributed by atoms with E-state index in [1.54, 1.807) is 12.1 Å². The molecule has 13 heteroatoms. The van der Waals surface area contributed by atoms with Gasteiger partial charge in [-0.05, 0) is 25.0 Å². The molecule has 274 valence electrons. The summed E-state index contributed by atoms with van der Waals surface area (Å²) in [5.74, 6) is 0.953. The van der Waals surface area contributed by atoms with E-state index in [0.29, 0.717) is 34.2 Å². The number of likely N-dealkylation sites (N-methyl/N-ethyl adjacent to an activating group) is 1. The summed E-state index contributed by atoms with van der Waals surface area (Å²) in [5.41, 5.74) is 2.14. The first kappa shape index (κ1) is 39.5. The number of hydrogen-bond acceptors (Lipinski definition) is 6. The molecular formula is C36H58BF2N3O6P+. The third-order valence-corrected chi connectivity index (χ3v) is 10.2. The van der Waals surface area contributed by atoms with Crippen molar-refractivity contribution in [2.45, 2.75) is 122 Å². The van der Waals surface area contributed by atoms with Crippen molar-refractivity contribution in [3.05, 3.63) is 46.7 Å². The molecule has 1 N–H and O–H groups in total. The summed E-state index contributed by atoms with van der Waals surface area (Å²) >= 11 is 0. The highest BCUT2D eigenvalue weighted by Crippen LogP contribution is 2.43. The number of phosphoric ester groups is 1. The summed E-state index contributed by atoms with van der Waals surface area (Å²) in [4.78, 5) is 14.4. The van der Waals surface area contributed by atoms with Crippen LogP contribution in [0.5, 0.6) is 0 Å². The van der Waals surface area contributed by atoms with Crippen molar-refractivity contribution in [2.24, 2.45) is 4.99 Å². The SMILES string of the molecule is C[N+](C)(C)CCOP(=O)(O)OCCCCCCCCCCCCCCCCCCc1cc2c(o1)=CC(Cc1cc3occc3n1B(F)F)N=2. The van der Waals surface area contributed by atoms with Crippen LogP contribution in [0.2, 0.25) is 0 Å². The Kier molecular flexibility index (Phi) is 16.1. The molecule has 3 aromatic rings. The number of aryl methyl sites for hydroxylation is 1. The Balaban J connectivity index is 0.917. The smallest absolute Gasteiger partial charge is 0.463 e. The summed E-state index contributed by atoms with van der Waals surface area (Å²) < 4.78 is 62.4. The molecule has 49 heavy (non-hydrogen) atoms. The maximum Gasteiger partial charge on any atom is 0.677 e. The molecule has 0 spiro atoms. The Hall–Kier alpha value is -2.24. The Labute approximate surface area is 291 Å². The number of phosphoric acid groups is 1. The normalized spacial score (nSPS) is 15.8. The van der Waals surface area contributed by atoms with Gasteiger partial charge in [-0.1, -0.05) is 89.9 Å². The van der Waals surface area contributed by atoms with Crippen LogP contribution in [0, 0.1) is 0 Å². The molecule has 1 aliphatic heterocycles. The van der Waals surface area contributed by atoms with Gasteiger partial charge in [-0.15, -0.1) is 0 Å². The van der Waals surface area contributed by atoms with E-state index in [4.69, 9.17) is 22.9 Å². The highest BCUT2D eigenvalue weighted by Gasteiger charge is 2.26. The topological polar surface area (TPSA) is 99.3 Å². The summed E-state index contributed by atoms with van der Waals surface area (Å²) in [7, 11) is -0.529. The largest absolute Gasteiger partial charge is 0.677 e. The number of unbranched alkanes of at least 4 members (excludes halogenated alkanes) is 15. The molecule has 0 bridgehead atoms. The van der Waals surface area contributed by atoms with Crippen molar-refractivity contribution in [3.8, 4) is 0 Å². The lowest BCUT2D eigenvalue weighted by Crippen LogP contribution is -2.37. The van der Waals surface area contributed by atoms with Crippen LogP contribution in [-0.2, 0) is 26.5 Å². The Morgan fingerprint density at radius 3 is 2.02 bits per heavy atom. The van der Waals surface area contributed by atoms with Crippen LogP contribution < -0.4 is 10.8 Å². The first-order chi connectivity index (χ1) is 23.5. The number of halogens is 2. The molecule has 0 aliphatic carbocycles. The van der Waals surface area contributed by atoms with Gasteiger partial charge in [0.25, 0.3) is 0 Å². The quantitative estimate of drug-likeness (QED) is 0.0371. The molecule has 0 fully saturated rings. The van der Waals surface area contributed by atoms with Gasteiger partial charge in [-0.25, -0.2) is 4.57 Å². The van der Waals surface area contributed by atoms with Crippen molar-refractivity contribution < 1.29 is 40.5 Å². The van der Waals surface area contributed by atoms with Gasteiger partial charge in [0.2, 0.25) is 0 Å². The average Bonchev–Trinajstić information content (AvgIpc) is 3.78. The van der Waals surface area contributed by atoms with E-state index in [1.165, 1.54) is 83.3 Å².